The van der Waals surface area contributed by atoms with E-state index in [1.54, 1.807) is 42.2 Å². The van der Waals surface area contributed by atoms with Crippen LogP contribution in [-0.4, -0.2) is 71.8 Å². The van der Waals surface area contributed by atoms with Gasteiger partial charge in [0.2, 0.25) is 11.8 Å². The van der Waals surface area contributed by atoms with Crippen LogP contribution >= 0.6 is 23.2 Å². The summed E-state index contributed by atoms with van der Waals surface area (Å²) in [6.45, 7) is 4.92. The molecular weight excluding hydrogens is 570 g/mol. The van der Waals surface area contributed by atoms with E-state index in [2.05, 4.69) is 10.2 Å². The lowest BCUT2D eigenvalue weighted by molar-refractivity contribution is -0.142. The highest BCUT2D eigenvalue weighted by Crippen LogP contribution is 2.30. The van der Waals surface area contributed by atoms with E-state index in [1.807, 2.05) is 20.0 Å². The van der Waals surface area contributed by atoms with Gasteiger partial charge in [0.15, 0.2) is 0 Å². The van der Waals surface area contributed by atoms with Crippen molar-refractivity contribution in [3.63, 3.8) is 0 Å². The standard InChI is InChI=1S/C28H34Cl2F3N3O4/c1-17-13-36(18(2)16-37)27(39)12-20-11-21(34-26(38)8-9-28(31,32)33)5-7-24(20)40-25(17)15-35(3)14-19-4-6-22(29)23(30)10-19/h4-7,10-11,17-18,25,37H,8-9,12-16H2,1-3H3,(H,34,38)/t17-,18+,25-/m0/s1. The lowest BCUT2D eigenvalue weighted by Crippen LogP contribution is -2.47. The van der Waals surface area contributed by atoms with Gasteiger partial charge in [0, 0.05) is 43.2 Å². The Balaban J connectivity index is 1.85. The van der Waals surface area contributed by atoms with E-state index < -0.39 is 31.0 Å². The number of aliphatic hydroxyl groups excluding tert-OH is 1. The summed E-state index contributed by atoms with van der Waals surface area (Å²) in [7, 11) is 1.94. The van der Waals surface area contributed by atoms with Crippen LogP contribution in [0.15, 0.2) is 36.4 Å². The minimum Gasteiger partial charge on any atom is -0.488 e. The number of benzene rings is 2. The largest absolute Gasteiger partial charge is 0.488 e. The molecule has 0 aliphatic carbocycles. The Morgan fingerprint density at radius 2 is 1.95 bits per heavy atom. The topological polar surface area (TPSA) is 82.1 Å². The van der Waals surface area contributed by atoms with Gasteiger partial charge in [-0.3, -0.25) is 14.5 Å². The number of carbonyl (C=O) groups is 2. The van der Waals surface area contributed by atoms with Gasteiger partial charge in [-0.05, 0) is 49.9 Å². The molecular formula is C28H34Cl2F3N3O4. The minimum atomic E-state index is -4.44. The third-order valence-electron chi connectivity index (χ3n) is 6.76. The fraction of sp³-hybridized carbons (Fsp3) is 0.500. The number of fused-ring (bicyclic) bond motifs is 1. The summed E-state index contributed by atoms with van der Waals surface area (Å²) in [5, 5.41) is 13.2. The Kier molecular flexibility index (Phi) is 11.1. The van der Waals surface area contributed by atoms with Crippen LogP contribution in [-0.2, 0) is 22.6 Å². The number of hydrogen-bond acceptors (Lipinski definition) is 5. The molecule has 12 heteroatoms. The van der Waals surface area contributed by atoms with Crippen molar-refractivity contribution >= 4 is 40.7 Å². The molecule has 220 valence electrons. The van der Waals surface area contributed by atoms with Gasteiger partial charge in [0.1, 0.15) is 11.9 Å². The SMILES string of the molecule is C[C@H](CO)N1C[C@H](C)[C@H](CN(C)Cc2ccc(Cl)c(Cl)c2)Oc2ccc(NC(=O)CCC(F)(F)F)cc2CC1=O. The highest BCUT2D eigenvalue weighted by Gasteiger charge is 2.31. The number of anilines is 1. The quantitative estimate of drug-likeness (QED) is 0.392. The summed E-state index contributed by atoms with van der Waals surface area (Å²) in [6.07, 6.45) is -6.80. The van der Waals surface area contributed by atoms with E-state index in [0.717, 1.165) is 5.56 Å². The van der Waals surface area contributed by atoms with Crippen molar-refractivity contribution in [2.75, 3.05) is 32.1 Å². The number of carbonyl (C=O) groups excluding carboxylic acids is 2. The zero-order valence-corrected chi connectivity index (χ0v) is 24.1. The monoisotopic (exact) mass is 603 g/mol. The van der Waals surface area contributed by atoms with Crippen LogP contribution in [0.25, 0.3) is 0 Å². The molecule has 1 heterocycles. The molecule has 1 aliphatic rings. The molecule has 7 nitrogen and oxygen atoms in total. The molecule has 0 saturated heterocycles. The van der Waals surface area contributed by atoms with Gasteiger partial charge in [0.25, 0.3) is 0 Å². The maximum absolute atomic E-state index is 13.3. The fourth-order valence-corrected chi connectivity index (χ4v) is 4.85. The highest BCUT2D eigenvalue weighted by molar-refractivity contribution is 6.42. The molecule has 2 amide bonds. The summed E-state index contributed by atoms with van der Waals surface area (Å²) in [5.74, 6) is -0.691. The summed E-state index contributed by atoms with van der Waals surface area (Å²) in [5.41, 5.74) is 1.72. The normalized spacial score (nSPS) is 18.9. The predicted octanol–water partition coefficient (Wildman–Crippen LogP) is 5.56. The Morgan fingerprint density at radius 3 is 2.60 bits per heavy atom. The van der Waals surface area contributed by atoms with E-state index >= 15 is 0 Å². The number of halogens is 5. The fourth-order valence-electron chi connectivity index (χ4n) is 4.53. The molecule has 0 fully saturated rings. The Labute approximate surface area is 242 Å². The number of likely N-dealkylation sites (N-methyl/N-ethyl adjacent to an activating group) is 1. The number of hydrogen-bond donors (Lipinski definition) is 2. The summed E-state index contributed by atoms with van der Waals surface area (Å²) in [4.78, 5) is 29.1. The van der Waals surface area contributed by atoms with Gasteiger partial charge >= 0.3 is 6.18 Å². The van der Waals surface area contributed by atoms with Crippen molar-refractivity contribution in [1.82, 2.24) is 9.80 Å². The van der Waals surface area contributed by atoms with Gasteiger partial charge in [-0.25, -0.2) is 0 Å². The van der Waals surface area contributed by atoms with Crippen LogP contribution in [0.2, 0.25) is 10.0 Å². The first-order valence-corrected chi connectivity index (χ1v) is 13.7. The molecule has 0 radical (unpaired) electrons. The first kappa shape index (κ1) is 32.0. The second-order valence-electron chi connectivity index (χ2n) is 10.3. The van der Waals surface area contributed by atoms with Crippen LogP contribution in [0, 0.1) is 5.92 Å². The Hall–Kier alpha value is -2.53. The number of alkyl halides is 3. The van der Waals surface area contributed by atoms with Crippen molar-refractivity contribution in [3.05, 3.63) is 57.6 Å². The number of nitrogens with zero attached hydrogens (tertiary/aromatic N) is 2. The third-order valence-corrected chi connectivity index (χ3v) is 7.50. The zero-order valence-electron chi connectivity index (χ0n) is 22.6. The Morgan fingerprint density at radius 1 is 1.23 bits per heavy atom. The van der Waals surface area contributed by atoms with Gasteiger partial charge in [-0.2, -0.15) is 13.2 Å². The summed E-state index contributed by atoms with van der Waals surface area (Å²) < 4.78 is 44.0. The lowest BCUT2D eigenvalue weighted by Gasteiger charge is -2.34. The van der Waals surface area contributed by atoms with Crippen LogP contribution in [0.3, 0.4) is 0 Å². The first-order valence-electron chi connectivity index (χ1n) is 12.9. The zero-order chi connectivity index (χ0) is 29.6. The van der Waals surface area contributed by atoms with Crippen molar-refractivity contribution in [3.8, 4) is 5.75 Å². The molecule has 40 heavy (non-hydrogen) atoms. The third kappa shape index (κ3) is 9.26. The van der Waals surface area contributed by atoms with Crippen molar-refractivity contribution in [1.29, 1.82) is 0 Å². The molecule has 0 unspecified atom stereocenters. The van der Waals surface area contributed by atoms with Crippen molar-refractivity contribution in [2.45, 2.75) is 58.0 Å². The average Bonchev–Trinajstić information content (AvgIpc) is 2.92. The lowest BCUT2D eigenvalue weighted by atomic mass is 10.0. The molecule has 0 aromatic heterocycles. The van der Waals surface area contributed by atoms with Crippen LogP contribution in [0.5, 0.6) is 5.75 Å². The molecule has 3 atom stereocenters. The number of aliphatic hydroxyl groups is 1. The molecule has 2 aromatic carbocycles. The van der Waals surface area contributed by atoms with E-state index in [0.29, 0.717) is 41.0 Å². The van der Waals surface area contributed by atoms with Gasteiger partial charge in [-0.15, -0.1) is 0 Å². The van der Waals surface area contributed by atoms with Crippen LogP contribution < -0.4 is 10.1 Å². The molecule has 3 rings (SSSR count). The Bertz CT molecular complexity index is 1200. The van der Waals surface area contributed by atoms with E-state index in [-0.39, 0.29) is 36.6 Å². The van der Waals surface area contributed by atoms with E-state index in [1.165, 1.54) is 0 Å². The first-order chi connectivity index (χ1) is 18.8. The minimum absolute atomic E-state index is 0.0650. The number of rotatable bonds is 9. The smallest absolute Gasteiger partial charge is 0.389 e. The maximum Gasteiger partial charge on any atom is 0.389 e. The number of ether oxygens (including phenoxy) is 1. The van der Waals surface area contributed by atoms with Gasteiger partial charge in [0.05, 0.1) is 35.5 Å². The second kappa shape index (κ2) is 13.9. The summed E-state index contributed by atoms with van der Waals surface area (Å²) in [6, 6.07) is 9.71. The number of amides is 2. The molecule has 2 N–H and O–H groups in total. The van der Waals surface area contributed by atoms with Gasteiger partial charge < -0.3 is 20.1 Å². The maximum atomic E-state index is 13.3. The molecule has 0 saturated carbocycles. The van der Waals surface area contributed by atoms with E-state index in [9.17, 15) is 27.9 Å². The highest BCUT2D eigenvalue weighted by atomic mass is 35.5. The molecule has 0 bridgehead atoms. The average molecular weight is 604 g/mol. The van der Waals surface area contributed by atoms with Crippen molar-refractivity contribution < 1.29 is 32.6 Å². The molecule has 0 spiro atoms. The van der Waals surface area contributed by atoms with Gasteiger partial charge in [-0.1, -0.05) is 36.2 Å². The summed E-state index contributed by atoms with van der Waals surface area (Å²) >= 11 is 12.2. The number of nitrogens with one attached hydrogen (secondary N) is 1. The predicted molar refractivity (Wildman–Crippen MR) is 149 cm³/mol. The van der Waals surface area contributed by atoms with E-state index in [4.69, 9.17) is 27.9 Å². The second-order valence-corrected chi connectivity index (χ2v) is 11.1. The van der Waals surface area contributed by atoms with Crippen LogP contribution in [0.1, 0.15) is 37.8 Å². The molecule has 1 aliphatic heterocycles. The van der Waals surface area contributed by atoms with Crippen molar-refractivity contribution in [2.24, 2.45) is 5.92 Å². The van der Waals surface area contributed by atoms with Crippen LogP contribution in [0.4, 0.5) is 18.9 Å². The molecule has 2 aromatic rings.